The molecule has 0 radical (unpaired) electrons. The number of nitrogens with zero attached hydrogens (tertiary/aromatic N) is 2. The van der Waals surface area contributed by atoms with Gasteiger partial charge in [0, 0.05) is 0 Å². The van der Waals surface area contributed by atoms with E-state index in [4.69, 9.17) is 14.2 Å². The van der Waals surface area contributed by atoms with Crippen molar-refractivity contribution < 1.29 is 19.0 Å². The van der Waals surface area contributed by atoms with E-state index in [9.17, 15) is 4.79 Å². The minimum atomic E-state index is -0.478. The van der Waals surface area contributed by atoms with Gasteiger partial charge >= 0.3 is 5.97 Å². The molecule has 0 saturated carbocycles. The summed E-state index contributed by atoms with van der Waals surface area (Å²) in [5, 5.41) is 0. The van der Waals surface area contributed by atoms with Gasteiger partial charge in [0.25, 0.3) is 0 Å². The number of hydrogen-bond donors (Lipinski definition) is 0. The van der Waals surface area contributed by atoms with Crippen LogP contribution in [0.3, 0.4) is 0 Å². The van der Waals surface area contributed by atoms with Gasteiger partial charge in [-0.1, -0.05) is 0 Å². The molecular weight excluding hydrogens is 296 g/mol. The highest BCUT2D eigenvalue weighted by molar-refractivity contribution is 5.87. The number of ether oxygens (including phenoxy) is 3. The molecule has 0 fully saturated rings. The number of esters is 1. The monoisotopic (exact) mass is 316 g/mol. The van der Waals surface area contributed by atoms with Gasteiger partial charge in [-0.05, 0) is 50.5 Å². The zero-order valence-electron chi connectivity index (χ0n) is 13.8. The molecule has 6 nitrogen and oxygen atoms in total. The second-order valence-corrected chi connectivity index (χ2v) is 5.68. The summed E-state index contributed by atoms with van der Waals surface area (Å²) in [6.07, 6.45) is 1.57. The van der Waals surface area contributed by atoms with Crippen molar-refractivity contribution in [3.05, 3.63) is 35.3 Å². The van der Waals surface area contributed by atoms with Gasteiger partial charge in [-0.2, -0.15) is 4.98 Å². The largest absolute Gasteiger partial charge is 0.497 e. The summed E-state index contributed by atoms with van der Waals surface area (Å²) in [5.41, 5.74) is 2.92. The summed E-state index contributed by atoms with van der Waals surface area (Å²) in [5.74, 6) is 1.06. The van der Waals surface area contributed by atoms with Crippen LogP contribution in [0.4, 0.5) is 0 Å². The van der Waals surface area contributed by atoms with Crippen molar-refractivity contribution in [2.75, 3.05) is 14.2 Å². The highest BCUT2D eigenvalue weighted by atomic mass is 16.5. The lowest BCUT2D eigenvalue weighted by Crippen LogP contribution is -2.18. The van der Waals surface area contributed by atoms with E-state index in [1.54, 1.807) is 7.11 Å². The molecule has 1 aromatic carbocycles. The predicted octanol–water partition coefficient (Wildman–Crippen LogP) is 2.55. The van der Waals surface area contributed by atoms with E-state index in [2.05, 4.69) is 4.98 Å². The van der Waals surface area contributed by atoms with Crippen LogP contribution in [0, 0.1) is 0 Å². The zero-order valence-corrected chi connectivity index (χ0v) is 13.8. The molecule has 0 aliphatic carbocycles. The lowest BCUT2D eigenvalue weighted by Gasteiger charge is -2.21. The summed E-state index contributed by atoms with van der Waals surface area (Å²) >= 11 is 0. The Morgan fingerprint density at radius 3 is 2.70 bits per heavy atom. The summed E-state index contributed by atoms with van der Waals surface area (Å²) < 4.78 is 17.8. The van der Waals surface area contributed by atoms with E-state index in [1.165, 1.54) is 7.11 Å². The standard InChI is InChI=1S/C17H20N2O4/c1-10(2)23-16-14-7-5-11-9-12(21-3)6-8-13(11)19(14)15(18-16)17(20)22-4/h6,8-10H,5,7H2,1-4H3. The first kappa shape index (κ1) is 15.4. The third kappa shape index (κ3) is 2.65. The number of aryl methyl sites for hydroxylation is 1. The van der Waals surface area contributed by atoms with Crippen LogP contribution in [0.2, 0.25) is 0 Å². The van der Waals surface area contributed by atoms with Gasteiger partial charge in [-0.3, -0.25) is 4.57 Å². The summed E-state index contributed by atoms with van der Waals surface area (Å²) in [4.78, 5) is 16.5. The number of imidazole rings is 1. The maximum atomic E-state index is 12.1. The smallest absolute Gasteiger partial charge is 0.374 e. The van der Waals surface area contributed by atoms with Crippen molar-refractivity contribution in [1.29, 1.82) is 0 Å². The van der Waals surface area contributed by atoms with Crippen LogP contribution in [0.5, 0.6) is 11.6 Å². The first-order valence-electron chi connectivity index (χ1n) is 7.59. The second kappa shape index (κ2) is 5.95. The molecule has 0 atom stereocenters. The van der Waals surface area contributed by atoms with Crippen molar-refractivity contribution in [1.82, 2.24) is 9.55 Å². The first-order chi connectivity index (χ1) is 11.0. The number of rotatable bonds is 4. The number of carbonyl (C=O) groups is 1. The minimum absolute atomic E-state index is 0.0163. The Kier molecular flexibility index (Phi) is 3.98. The topological polar surface area (TPSA) is 62.6 Å². The predicted molar refractivity (Wildman–Crippen MR) is 84.6 cm³/mol. The molecule has 0 spiro atoms. The van der Waals surface area contributed by atoms with E-state index >= 15 is 0 Å². The Morgan fingerprint density at radius 1 is 1.26 bits per heavy atom. The van der Waals surface area contributed by atoms with Crippen LogP contribution in [-0.4, -0.2) is 35.8 Å². The molecule has 6 heteroatoms. The van der Waals surface area contributed by atoms with Crippen LogP contribution in [0.1, 0.15) is 35.7 Å². The number of hydrogen-bond acceptors (Lipinski definition) is 5. The second-order valence-electron chi connectivity index (χ2n) is 5.68. The third-order valence-corrected chi connectivity index (χ3v) is 3.81. The van der Waals surface area contributed by atoms with Crippen molar-refractivity contribution in [3.63, 3.8) is 0 Å². The van der Waals surface area contributed by atoms with Gasteiger partial charge < -0.3 is 14.2 Å². The first-order valence-corrected chi connectivity index (χ1v) is 7.59. The number of methoxy groups -OCH3 is 2. The van der Waals surface area contributed by atoms with Crippen LogP contribution in [0.15, 0.2) is 18.2 Å². The molecule has 1 aliphatic rings. The van der Waals surface area contributed by atoms with Crippen molar-refractivity contribution in [2.45, 2.75) is 32.8 Å². The molecule has 23 heavy (non-hydrogen) atoms. The summed E-state index contributed by atoms with van der Waals surface area (Å²) in [7, 11) is 2.99. The zero-order chi connectivity index (χ0) is 16.6. The molecule has 1 aromatic heterocycles. The van der Waals surface area contributed by atoms with Crippen LogP contribution < -0.4 is 9.47 Å². The van der Waals surface area contributed by atoms with E-state index in [0.717, 1.165) is 35.5 Å². The fourth-order valence-corrected chi connectivity index (χ4v) is 2.82. The molecule has 3 rings (SSSR count). The number of benzene rings is 1. The van der Waals surface area contributed by atoms with Crippen molar-refractivity contribution >= 4 is 5.97 Å². The lowest BCUT2D eigenvalue weighted by atomic mass is 10.0. The fourth-order valence-electron chi connectivity index (χ4n) is 2.82. The van der Waals surface area contributed by atoms with Crippen LogP contribution in [0.25, 0.3) is 5.69 Å². The Labute approximate surface area is 135 Å². The van der Waals surface area contributed by atoms with E-state index in [0.29, 0.717) is 5.88 Å². The molecule has 122 valence electrons. The van der Waals surface area contributed by atoms with Crippen LogP contribution >= 0.6 is 0 Å². The van der Waals surface area contributed by atoms with Gasteiger partial charge in [0.2, 0.25) is 11.7 Å². The Morgan fingerprint density at radius 2 is 2.04 bits per heavy atom. The Hall–Kier alpha value is -2.50. The van der Waals surface area contributed by atoms with E-state index < -0.39 is 5.97 Å². The summed E-state index contributed by atoms with van der Waals surface area (Å²) in [6, 6.07) is 5.80. The Bertz CT molecular complexity index is 749. The normalized spacial score (nSPS) is 12.6. The quantitative estimate of drug-likeness (QED) is 0.811. The van der Waals surface area contributed by atoms with Crippen molar-refractivity contribution in [2.24, 2.45) is 0 Å². The number of carbonyl (C=O) groups excluding carboxylic acids is 1. The molecule has 0 bridgehead atoms. The van der Waals surface area contributed by atoms with Gasteiger partial charge in [0.05, 0.1) is 31.7 Å². The Balaban J connectivity index is 2.18. The summed E-state index contributed by atoms with van der Waals surface area (Å²) in [6.45, 7) is 3.87. The molecule has 0 saturated heterocycles. The van der Waals surface area contributed by atoms with E-state index in [-0.39, 0.29) is 11.9 Å². The third-order valence-electron chi connectivity index (χ3n) is 3.81. The SMILES string of the molecule is COC(=O)c1nc(OC(C)C)c2n1-c1ccc(OC)cc1CC2. The van der Waals surface area contributed by atoms with E-state index in [1.807, 2.05) is 36.6 Å². The highest BCUT2D eigenvalue weighted by Gasteiger charge is 2.29. The maximum absolute atomic E-state index is 12.1. The average molecular weight is 316 g/mol. The highest BCUT2D eigenvalue weighted by Crippen LogP contribution is 2.34. The van der Waals surface area contributed by atoms with Crippen molar-refractivity contribution in [3.8, 4) is 17.3 Å². The minimum Gasteiger partial charge on any atom is -0.497 e. The molecule has 1 aliphatic heterocycles. The molecule has 0 N–H and O–H groups in total. The van der Waals surface area contributed by atoms with Gasteiger partial charge in [0.15, 0.2) is 0 Å². The number of fused-ring (bicyclic) bond motifs is 3. The molecular formula is C17H20N2O4. The fraction of sp³-hybridized carbons (Fsp3) is 0.412. The molecule has 2 aromatic rings. The van der Waals surface area contributed by atoms with Gasteiger partial charge in [-0.15, -0.1) is 0 Å². The molecule has 0 unspecified atom stereocenters. The molecule has 0 amide bonds. The average Bonchev–Trinajstić information content (AvgIpc) is 2.91. The maximum Gasteiger partial charge on any atom is 0.374 e. The number of aromatic nitrogens is 2. The lowest BCUT2D eigenvalue weighted by molar-refractivity contribution is 0.0583. The van der Waals surface area contributed by atoms with Crippen LogP contribution in [-0.2, 0) is 17.6 Å². The van der Waals surface area contributed by atoms with Gasteiger partial charge in [-0.25, -0.2) is 4.79 Å². The molecule has 2 heterocycles. The van der Waals surface area contributed by atoms with Gasteiger partial charge in [0.1, 0.15) is 5.75 Å².